The van der Waals surface area contributed by atoms with Gasteiger partial charge < -0.3 is 20.1 Å². The van der Waals surface area contributed by atoms with Gasteiger partial charge in [-0.2, -0.15) is 4.91 Å². The number of nitroso groups, excluding NO2 is 1. The van der Waals surface area contributed by atoms with Crippen LogP contribution in [0, 0.1) is 10.3 Å². The number of anilines is 1. The Bertz CT molecular complexity index is 1080. The lowest BCUT2D eigenvalue weighted by Gasteiger charge is -2.15. The Hall–Kier alpha value is -3.26. The van der Waals surface area contributed by atoms with Crippen molar-refractivity contribution in [1.82, 2.24) is 14.9 Å². The molecule has 0 amide bonds. The molecule has 1 saturated carbocycles. The maximum atomic E-state index is 11.0. The summed E-state index contributed by atoms with van der Waals surface area (Å²) in [5.74, 6) is 2.54. The topological polar surface area (TPSA) is 103 Å². The van der Waals surface area contributed by atoms with Crippen molar-refractivity contribution in [3.63, 3.8) is 0 Å². The molecule has 1 aliphatic heterocycles. The van der Waals surface area contributed by atoms with E-state index in [1.807, 2.05) is 24.3 Å². The van der Waals surface area contributed by atoms with E-state index in [4.69, 9.17) is 15.2 Å². The molecule has 3 aromatic rings. The molecule has 2 fully saturated rings. The SMILES string of the molecule is Nc1ccc(Oc2ccnc3cc(OCCCN4CC(N=O)C5(CC5)C4)ccc23)cn1. The Balaban J connectivity index is 1.17. The van der Waals surface area contributed by atoms with E-state index in [1.54, 1.807) is 24.5 Å². The van der Waals surface area contributed by atoms with Crippen LogP contribution in [0.25, 0.3) is 10.9 Å². The second-order valence-corrected chi connectivity index (χ2v) is 8.43. The molecule has 1 unspecified atom stereocenters. The number of hydrogen-bond acceptors (Lipinski definition) is 8. The second kappa shape index (κ2) is 8.11. The summed E-state index contributed by atoms with van der Waals surface area (Å²) in [6.07, 6.45) is 6.49. The average Bonchev–Trinajstić information content (AvgIpc) is 3.47. The van der Waals surface area contributed by atoms with Crippen LogP contribution in [-0.2, 0) is 0 Å². The van der Waals surface area contributed by atoms with Gasteiger partial charge in [0.15, 0.2) is 0 Å². The molecule has 2 N–H and O–H groups in total. The molecule has 8 heteroatoms. The maximum Gasteiger partial charge on any atom is 0.145 e. The number of benzene rings is 1. The number of aromatic nitrogens is 2. The van der Waals surface area contributed by atoms with Gasteiger partial charge in [0.05, 0.1) is 18.3 Å². The van der Waals surface area contributed by atoms with Crippen LogP contribution in [-0.4, -0.2) is 47.2 Å². The van der Waals surface area contributed by atoms with Crippen LogP contribution < -0.4 is 15.2 Å². The largest absolute Gasteiger partial charge is 0.493 e. The highest BCUT2D eigenvalue weighted by molar-refractivity contribution is 5.86. The van der Waals surface area contributed by atoms with Crippen molar-refractivity contribution in [2.45, 2.75) is 25.3 Å². The highest BCUT2D eigenvalue weighted by Crippen LogP contribution is 2.53. The summed E-state index contributed by atoms with van der Waals surface area (Å²) >= 11 is 0. The zero-order valence-corrected chi connectivity index (χ0v) is 17.2. The molecule has 1 saturated heterocycles. The van der Waals surface area contributed by atoms with E-state index in [9.17, 15) is 4.91 Å². The number of nitrogen functional groups attached to an aromatic ring is 1. The van der Waals surface area contributed by atoms with Crippen LogP contribution in [0.5, 0.6) is 17.2 Å². The fraction of sp³-hybridized carbons (Fsp3) is 0.391. The molecular weight excluding hydrogens is 394 g/mol. The first-order chi connectivity index (χ1) is 15.1. The summed E-state index contributed by atoms with van der Waals surface area (Å²) in [5, 5.41) is 4.24. The van der Waals surface area contributed by atoms with Gasteiger partial charge in [0, 0.05) is 42.7 Å². The van der Waals surface area contributed by atoms with Gasteiger partial charge in [0.1, 0.15) is 29.1 Å². The third-order valence-corrected chi connectivity index (χ3v) is 6.24. The minimum atomic E-state index is -0.0274. The minimum absolute atomic E-state index is 0.0274. The van der Waals surface area contributed by atoms with Crippen LogP contribution in [0.2, 0.25) is 0 Å². The van der Waals surface area contributed by atoms with Crippen LogP contribution in [0.3, 0.4) is 0 Å². The van der Waals surface area contributed by atoms with Crippen molar-refractivity contribution >= 4 is 16.7 Å². The molecule has 0 bridgehead atoms. The number of hydrogen-bond donors (Lipinski definition) is 1. The summed E-state index contributed by atoms with van der Waals surface area (Å²) in [6, 6.07) is 11.1. The lowest BCUT2D eigenvalue weighted by Crippen LogP contribution is -2.24. The van der Waals surface area contributed by atoms with Crippen molar-refractivity contribution < 1.29 is 9.47 Å². The molecule has 0 radical (unpaired) electrons. The van der Waals surface area contributed by atoms with Crippen molar-refractivity contribution in [1.29, 1.82) is 0 Å². The fourth-order valence-corrected chi connectivity index (χ4v) is 4.36. The number of nitrogens with two attached hydrogens (primary N) is 1. The summed E-state index contributed by atoms with van der Waals surface area (Å²) < 4.78 is 11.9. The number of nitrogens with zero attached hydrogens (tertiary/aromatic N) is 4. The first-order valence-corrected chi connectivity index (χ1v) is 10.6. The lowest BCUT2D eigenvalue weighted by atomic mass is 10.0. The van der Waals surface area contributed by atoms with E-state index < -0.39 is 0 Å². The maximum absolute atomic E-state index is 11.0. The highest BCUT2D eigenvalue weighted by Gasteiger charge is 2.55. The van der Waals surface area contributed by atoms with Gasteiger partial charge in [-0.05, 0) is 49.6 Å². The van der Waals surface area contributed by atoms with Crippen molar-refractivity contribution in [2.24, 2.45) is 10.6 Å². The summed E-state index contributed by atoms with van der Waals surface area (Å²) in [5.41, 5.74) is 6.62. The van der Waals surface area contributed by atoms with Gasteiger partial charge in [-0.1, -0.05) is 5.18 Å². The molecule has 31 heavy (non-hydrogen) atoms. The first-order valence-electron chi connectivity index (χ1n) is 10.6. The predicted octanol–water partition coefficient (Wildman–Crippen LogP) is 4.00. The van der Waals surface area contributed by atoms with E-state index >= 15 is 0 Å². The Morgan fingerprint density at radius 2 is 2.03 bits per heavy atom. The van der Waals surface area contributed by atoms with Crippen molar-refractivity contribution in [3.05, 3.63) is 53.7 Å². The van der Waals surface area contributed by atoms with Gasteiger partial charge in [-0.15, -0.1) is 0 Å². The minimum Gasteiger partial charge on any atom is -0.493 e. The third-order valence-electron chi connectivity index (χ3n) is 6.24. The number of ether oxygens (including phenoxy) is 2. The normalized spacial score (nSPS) is 19.5. The molecular formula is C23H25N5O3. The van der Waals surface area contributed by atoms with E-state index in [-0.39, 0.29) is 11.5 Å². The van der Waals surface area contributed by atoms with Crippen molar-refractivity contribution in [2.75, 3.05) is 32.0 Å². The lowest BCUT2D eigenvalue weighted by molar-refractivity contribution is 0.257. The molecule has 1 spiro atoms. The fourth-order valence-electron chi connectivity index (χ4n) is 4.36. The van der Waals surface area contributed by atoms with Crippen molar-refractivity contribution in [3.8, 4) is 17.2 Å². The zero-order valence-electron chi connectivity index (χ0n) is 17.2. The number of pyridine rings is 2. The number of rotatable bonds is 8. The summed E-state index contributed by atoms with van der Waals surface area (Å²) in [6.45, 7) is 3.32. The Morgan fingerprint density at radius 3 is 2.77 bits per heavy atom. The third kappa shape index (κ3) is 4.16. The Morgan fingerprint density at radius 1 is 1.16 bits per heavy atom. The smallest absolute Gasteiger partial charge is 0.145 e. The Kier molecular flexibility index (Phi) is 5.15. The molecule has 2 aromatic heterocycles. The predicted molar refractivity (Wildman–Crippen MR) is 118 cm³/mol. The van der Waals surface area contributed by atoms with Gasteiger partial charge in [-0.25, -0.2) is 4.98 Å². The molecule has 1 atom stereocenters. The monoisotopic (exact) mass is 419 g/mol. The molecule has 160 valence electrons. The molecule has 2 aliphatic rings. The molecule has 1 aliphatic carbocycles. The van der Waals surface area contributed by atoms with E-state index in [1.165, 1.54) is 0 Å². The molecule has 8 nitrogen and oxygen atoms in total. The second-order valence-electron chi connectivity index (χ2n) is 8.43. The van der Waals surface area contributed by atoms with Crippen LogP contribution in [0.4, 0.5) is 5.82 Å². The highest BCUT2D eigenvalue weighted by atomic mass is 16.5. The van der Waals surface area contributed by atoms with Crippen LogP contribution >= 0.6 is 0 Å². The average molecular weight is 419 g/mol. The van der Waals surface area contributed by atoms with Gasteiger partial charge >= 0.3 is 0 Å². The first kappa shape index (κ1) is 19.7. The number of likely N-dealkylation sites (tertiary alicyclic amines) is 1. The zero-order chi connectivity index (χ0) is 21.3. The summed E-state index contributed by atoms with van der Waals surface area (Å²) in [4.78, 5) is 21.9. The van der Waals surface area contributed by atoms with Crippen LogP contribution in [0.15, 0.2) is 54.0 Å². The molecule has 1 aromatic carbocycles. The van der Waals surface area contributed by atoms with E-state index in [0.29, 0.717) is 23.9 Å². The molecule has 5 rings (SSSR count). The number of fused-ring (bicyclic) bond motifs is 1. The quantitative estimate of drug-likeness (QED) is 0.435. The van der Waals surface area contributed by atoms with Crippen LogP contribution in [0.1, 0.15) is 19.3 Å². The standard InChI is InChI=1S/C23H25N5O3/c24-22-5-3-17(13-26-22)31-20-6-9-25-19-12-16(2-4-18(19)20)30-11-1-10-28-14-21(27-29)23(15-28)7-8-23/h2-6,9,12-13,21H,1,7-8,10-11,14-15H2,(H2,24,26). The Labute approximate surface area is 180 Å². The van der Waals surface area contributed by atoms with Gasteiger partial charge in [-0.3, -0.25) is 4.98 Å². The van der Waals surface area contributed by atoms with E-state index in [0.717, 1.165) is 55.5 Å². The molecule has 3 heterocycles. The van der Waals surface area contributed by atoms with Gasteiger partial charge in [0.2, 0.25) is 0 Å². The summed E-state index contributed by atoms with van der Waals surface area (Å²) in [7, 11) is 0. The van der Waals surface area contributed by atoms with Gasteiger partial charge in [0.25, 0.3) is 0 Å². The van der Waals surface area contributed by atoms with E-state index in [2.05, 4.69) is 20.0 Å².